The van der Waals surface area contributed by atoms with E-state index in [0.29, 0.717) is 42.2 Å². The summed E-state index contributed by atoms with van der Waals surface area (Å²) in [6.45, 7) is 10.7. The van der Waals surface area contributed by atoms with Crippen LogP contribution in [0.5, 0.6) is 0 Å². The molecule has 3 aromatic heterocycles. The van der Waals surface area contributed by atoms with Gasteiger partial charge in [0, 0.05) is 80.6 Å². The van der Waals surface area contributed by atoms with Crippen LogP contribution in [-0.4, -0.2) is 129 Å². The lowest BCUT2D eigenvalue weighted by Crippen LogP contribution is -2.58. The fourth-order valence-corrected chi connectivity index (χ4v) is 14.0. The van der Waals surface area contributed by atoms with Gasteiger partial charge in [-0.2, -0.15) is 0 Å². The van der Waals surface area contributed by atoms with Crippen molar-refractivity contribution in [3.63, 3.8) is 0 Å². The van der Waals surface area contributed by atoms with Crippen LogP contribution in [0.15, 0.2) is 73.2 Å². The first-order valence-electron chi connectivity index (χ1n) is 28.1. The van der Waals surface area contributed by atoms with Crippen LogP contribution in [0, 0.1) is 17.7 Å². The van der Waals surface area contributed by atoms with Crippen molar-refractivity contribution >= 4 is 57.7 Å². The maximum atomic E-state index is 15.3. The number of benzene rings is 2. The van der Waals surface area contributed by atoms with Crippen LogP contribution in [0.2, 0.25) is 0 Å². The zero-order chi connectivity index (χ0) is 51.5. The number of anilines is 4. The van der Waals surface area contributed by atoms with Crippen LogP contribution in [0.3, 0.4) is 0 Å². The molecule has 2 atom stereocenters. The fraction of sp³-hybridized carbons (Fsp3) is 0.542. The van der Waals surface area contributed by atoms with Gasteiger partial charge >= 0.3 is 0 Å². The molecule has 12 rings (SSSR count). The number of imidazole rings is 1. The highest BCUT2D eigenvalue weighted by molar-refractivity contribution is 6.09. The molecule has 2 aliphatic carbocycles. The molecule has 394 valence electrons. The Morgan fingerprint density at radius 1 is 0.880 bits per heavy atom. The van der Waals surface area contributed by atoms with Crippen molar-refractivity contribution in [3.8, 4) is 11.3 Å². The number of nitrogens with zero attached hydrogens (tertiary/aromatic N) is 9. The summed E-state index contributed by atoms with van der Waals surface area (Å²) in [5.74, 6) is 1.19. The van der Waals surface area contributed by atoms with Gasteiger partial charge < -0.3 is 34.4 Å². The Morgan fingerprint density at radius 2 is 1.67 bits per heavy atom. The van der Waals surface area contributed by atoms with Crippen molar-refractivity contribution in [2.75, 3.05) is 68.0 Å². The molecule has 75 heavy (non-hydrogen) atoms. The highest BCUT2D eigenvalue weighted by atomic mass is 19.1. The normalized spacial score (nSPS) is 26.2. The Labute approximate surface area is 439 Å². The third-order valence-electron chi connectivity index (χ3n) is 18.5. The van der Waals surface area contributed by atoms with Crippen LogP contribution >= 0.6 is 0 Å². The molecule has 8 heterocycles. The van der Waals surface area contributed by atoms with E-state index in [1.165, 1.54) is 25.3 Å². The minimum atomic E-state index is -0.592. The van der Waals surface area contributed by atoms with Gasteiger partial charge in [-0.15, -0.1) is 0 Å². The molecule has 0 radical (unpaired) electrons. The van der Waals surface area contributed by atoms with Crippen LogP contribution in [0.4, 0.5) is 27.4 Å². The van der Waals surface area contributed by atoms with Gasteiger partial charge in [-0.3, -0.25) is 24.5 Å². The summed E-state index contributed by atoms with van der Waals surface area (Å²) in [6, 6.07) is 20.2. The Morgan fingerprint density at radius 3 is 2.40 bits per heavy atom. The summed E-state index contributed by atoms with van der Waals surface area (Å²) in [6.07, 6.45) is 16.3. The number of pyridine rings is 2. The van der Waals surface area contributed by atoms with Crippen LogP contribution < -0.4 is 20.4 Å². The number of hydrogen-bond donors (Lipinski definition) is 2. The quantitative estimate of drug-likeness (QED) is 0.116. The molecule has 5 aliphatic heterocycles. The van der Waals surface area contributed by atoms with E-state index in [1.807, 2.05) is 30.6 Å². The molecule has 5 aromatic rings. The van der Waals surface area contributed by atoms with E-state index in [0.717, 1.165) is 149 Å². The first kappa shape index (κ1) is 49.6. The Kier molecular flexibility index (Phi) is 13.5. The lowest BCUT2D eigenvalue weighted by Gasteiger charge is -2.48. The predicted octanol–water partition coefficient (Wildman–Crippen LogP) is 8.72. The number of rotatable bonds is 12. The molecule has 2 aromatic carbocycles. The van der Waals surface area contributed by atoms with Gasteiger partial charge in [0.15, 0.2) is 5.82 Å². The average Bonchev–Trinajstić information content (AvgIpc) is 4.14. The van der Waals surface area contributed by atoms with E-state index < -0.39 is 5.41 Å². The van der Waals surface area contributed by atoms with E-state index in [1.54, 1.807) is 18.3 Å². The maximum absolute atomic E-state index is 15.3. The Hall–Kier alpha value is -6.26. The number of imide groups is 1. The average molecular weight is 1020 g/mol. The van der Waals surface area contributed by atoms with Crippen molar-refractivity contribution in [2.24, 2.45) is 11.8 Å². The largest absolute Gasteiger partial charge is 0.357 e. The number of para-hydroxylation sites is 1. The van der Waals surface area contributed by atoms with Crippen molar-refractivity contribution < 1.29 is 23.6 Å². The number of hydrogen-bond acceptors (Lipinski definition) is 11. The number of carbonyl (C=O) groups is 4. The highest BCUT2D eigenvalue weighted by Gasteiger charge is 2.56. The Bertz CT molecular complexity index is 2970. The first-order chi connectivity index (χ1) is 36.4. The van der Waals surface area contributed by atoms with Gasteiger partial charge in [-0.1, -0.05) is 36.8 Å². The fourth-order valence-electron chi connectivity index (χ4n) is 14.0. The second kappa shape index (κ2) is 20.4. The maximum Gasteiger partial charge on any atom is 0.238 e. The van der Waals surface area contributed by atoms with E-state index >= 15 is 9.18 Å². The van der Waals surface area contributed by atoms with Gasteiger partial charge in [0.25, 0.3) is 0 Å². The summed E-state index contributed by atoms with van der Waals surface area (Å²) in [7, 11) is 2.07. The molecule has 1 spiro atoms. The van der Waals surface area contributed by atoms with Gasteiger partial charge in [0.2, 0.25) is 23.6 Å². The zero-order valence-corrected chi connectivity index (χ0v) is 43.9. The smallest absolute Gasteiger partial charge is 0.238 e. The van der Waals surface area contributed by atoms with Gasteiger partial charge in [0.1, 0.15) is 17.2 Å². The van der Waals surface area contributed by atoms with Gasteiger partial charge in [-0.25, -0.2) is 19.3 Å². The molecule has 6 fully saturated rings. The van der Waals surface area contributed by atoms with Crippen LogP contribution in [0.25, 0.3) is 22.3 Å². The summed E-state index contributed by atoms with van der Waals surface area (Å²) in [5, 5.41) is 5.75. The van der Waals surface area contributed by atoms with Gasteiger partial charge in [-0.05, 0) is 164 Å². The van der Waals surface area contributed by atoms with Crippen LogP contribution in [-0.2, 0) is 24.6 Å². The predicted molar refractivity (Wildman–Crippen MR) is 288 cm³/mol. The molecule has 15 nitrogen and oxygen atoms in total. The highest BCUT2D eigenvalue weighted by Crippen LogP contribution is 2.52. The number of likely N-dealkylation sites (tertiary alicyclic amines) is 3. The summed E-state index contributed by atoms with van der Waals surface area (Å²) < 4.78 is 17.2. The lowest BCUT2D eigenvalue weighted by molar-refractivity contribution is -0.136. The van der Waals surface area contributed by atoms with Crippen molar-refractivity contribution in [1.82, 2.24) is 39.5 Å². The third-order valence-corrected chi connectivity index (χ3v) is 18.5. The molecular formula is C59H72FN11O4. The summed E-state index contributed by atoms with van der Waals surface area (Å²) in [4.78, 5) is 79.8. The van der Waals surface area contributed by atoms with Crippen molar-refractivity contribution in [2.45, 2.75) is 139 Å². The molecule has 7 aliphatic rings. The standard InChI is InChI=1S/C59H72FN11O4/c1-37(2)70-36-62-50-32-49(64-55(54(50)70)63-48-10-6-5-9-47(48)60)40-13-18-46-51(29-40)71(44-30-43(31-44)68-24-7-4-8-25-68)58(75)59(46)22-27-67(28-23-59)34-38-21-26-69(35-38)57(74)39-11-15-42(16-12-39)66(3)52-19-14-41(33-61-52)45-17-20-53(72)65-56(45)73/h5-6,9-10,13-14,18-19,29,32-33,36-39,42-45H,4,7-8,11-12,15-17,20-28,30-31,34-35H2,1-3H3,(H,63,64)(H,65,72,73)/t38?,39-,42-,43-,44+,45?. The molecular weight excluding hydrogens is 946 g/mol. The van der Waals surface area contributed by atoms with E-state index in [2.05, 4.69) is 78.8 Å². The third kappa shape index (κ3) is 9.37. The number of aromatic nitrogens is 4. The number of nitrogens with one attached hydrogen (secondary N) is 2. The second-order valence-electron chi connectivity index (χ2n) is 23.2. The van der Waals surface area contributed by atoms with E-state index in [-0.39, 0.29) is 53.5 Å². The number of fused-ring (bicyclic) bond motifs is 3. The second-order valence-corrected chi connectivity index (χ2v) is 23.2. The molecule has 0 bridgehead atoms. The minimum absolute atomic E-state index is 0.0358. The molecule has 2 unspecified atom stereocenters. The number of carbonyl (C=O) groups excluding carboxylic acids is 4. The molecule has 4 saturated heterocycles. The van der Waals surface area contributed by atoms with E-state index in [4.69, 9.17) is 15.0 Å². The van der Waals surface area contributed by atoms with Gasteiger partial charge in [0.05, 0.1) is 34.6 Å². The molecule has 2 saturated carbocycles. The number of amides is 4. The SMILES string of the molecule is CC(C)n1cnc2cc(-c3ccc4c(c3)N([C@H]3C[C@@H](N5CCCCC5)C3)C(=O)C43CCN(CC4CCN(C(=O)[C@H]5CC[C@H](N(C)c6ccc(C7CCC(=O)NC7=O)cn6)CC5)C4)CC3)nc(Nc3ccccc3F)c21. The first-order valence-corrected chi connectivity index (χ1v) is 28.1. The minimum Gasteiger partial charge on any atom is -0.357 e. The lowest BCUT2D eigenvalue weighted by atomic mass is 9.73. The van der Waals surface area contributed by atoms with E-state index in [9.17, 15) is 14.4 Å². The van der Waals surface area contributed by atoms with Crippen molar-refractivity contribution in [3.05, 3.63) is 90.1 Å². The van der Waals surface area contributed by atoms with Crippen LogP contribution in [0.1, 0.15) is 127 Å². The molecule has 4 amide bonds. The summed E-state index contributed by atoms with van der Waals surface area (Å²) >= 11 is 0. The number of piperidine rings is 3. The summed E-state index contributed by atoms with van der Waals surface area (Å²) in [5.41, 5.74) is 5.92. The number of halogens is 1. The monoisotopic (exact) mass is 1020 g/mol. The topological polar surface area (TPSA) is 152 Å². The Balaban J connectivity index is 0.706. The van der Waals surface area contributed by atoms with Crippen molar-refractivity contribution in [1.29, 1.82) is 0 Å². The molecule has 2 N–H and O–H groups in total. The molecule has 16 heteroatoms. The zero-order valence-electron chi connectivity index (χ0n) is 43.9.